The van der Waals surface area contributed by atoms with Crippen LogP contribution < -0.4 is 0 Å². The smallest absolute Gasteiger partial charge is 0.0632 e. The Balaban J connectivity index is 1.64. The highest BCUT2D eigenvalue weighted by molar-refractivity contribution is 9.10. The first-order valence-corrected chi connectivity index (χ1v) is 7.63. The molecule has 2 fully saturated rings. The lowest BCUT2D eigenvalue weighted by molar-refractivity contribution is 0.00313. The predicted molar refractivity (Wildman–Crippen MR) is 73.6 cm³/mol. The third-order valence-corrected chi connectivity index (χ3v) is 4.53. The molecule has 2 unspecified atom stereocenters. The van der Waals surface area contributed by atoms with E-state index in [1.807, 2.05) is 6.20 Å². The first-order chi connectivity index (χ1) is 8.83. The molecule has 1 saturated heterocycles. The van der Waals surface area contributed by atoms with Gasteiger partial charge in [0, 0.05) is 25.3 Å². The largest absolute Gasteiger partial charge is 0.379 e. The summed E-state index contributed by atoms with van der Waals surface area (Å²) in [5.41, 5.74) is 0. The molecule has 1 aromatic heterocycles. The molecule has 0 radical (unpaired) electrons. The molecule has 0 bridgehead atoms. The van der Waals surface area contributed by atoms with Gasteiger partial charge in [-0.25, -0.2) is 0 Å². The van der Waals surface area contributed by atoms with E-state index in [4.69, 9.17) is 4.74 Å². The average molecular weight is 314 g/mol. The lowest BCUT2D eigenvalue weighted by Crippen LogP contribution is -2.45. The molecule has 0 amide bonds. The van der Waals surface area contributed by atoms with Gasteiger partial charge >= 0.3 is 0 Å². The molecular formula is C13H20BrN3O. The molecule has 0 spiro atoms. The monoisotopic (exact) mass is 313 g/mol. The molecule has 2 aliphatic rings. The van der Waals surface area contributed by atoms with Crippen LogP contribution in [0.1, 0.15) is 31.7 Å². The third-order valence-electron chi connectivity index (χ3n) is 4.13. The summed E-state index contributed by atoms with van der Waals surface area (Å²) in [6.07, 6.45) is 9.12. The fourth-order valence-electron chi connectivity index (χ4n) is 3.17. The minimum absolute atomic E-state index is 0.567. The van der Waals surface area contributed by atoms with E-state index in [0.29, 0.717) is 6.04 Å². The van der Waals surface area contributed by atoms with E-state index < -0.39 is 0 Å². The van der Waals surface area contributed by atoms with Crippen LogP contribution in [0.2, 0.25) is 0 Å². The lowest BCUT2D eigenvalue weighted by atomic mass is 9.90. The van der Waals surface area contributed by atoms with Crippen LogP contribution in [0.5, 0.6) is 0 Å². The Hall–Kier alpha value is -0.390. The van der Waals surface area contributed by atoms with Crippen molar-refractivity contribution in [2.24, 2.45) is 0 Å². The number of aromatic nitrogens is 2. The van der Waals surface area contributed by atoms with Crippen LogP contribution in [0.25, 0.3) is 0 Å². The first-order valence-electron chi connectivity index (χ1n) is 6.84. The van der Waals surface area contributed by atoms with Gasteiger partial charge in [-0.3, -0.25) is 9.58 Å². The molecule has 1 aromatic rings. The number of ether oxygens (including phenoxy) is 1. The van der Waals surface area contributed by atoms with E-state index in [0.717, 1.165) is 36.8 Å². The van der Waals surface area contributed by atoms with E-state index in [-0.39, 0.29) is 0 Å². The second kappa shape index (κ2) is 5.72. The van der Waals surface area contributed by atoms with E-state index >= 15 is 0 Å². The van der Waals surface area contributed by atoms with Crippen LogP contribution in [0.3, 0.4) is 0 Å². The van der Waals surface area contributed by atoms with Crippen molar-refractivity contribution in [3.8, 4) is 0 Å². The zero-order valence-corrected chi connectivity index (χ0v) is 12.2. The van der Waals surface area contributed by atoms with Crippen LogP contribution in [0.15, 0.2) is 16.9 Å². The summed E-state index contributed by atoms with van der Waals surface area (Å²) in [4.78, 5) is 2.61. The summed E-state index contributed by atoms with van der Waals surface area (Å²) in [6.45, 7) is 3.99. The Bertz CT molecular complexity index is 389. The van der Waals surface area contributed by atoms with Gasteiger partial charge in [0.15, 0.2) is 0 Å². The number of hydrogen-bond acceptors (Lipinski definition) is 3. The zero-order chi connectivity index (χ0) is 12.4. The predicted octanol–water partition coefficient (Wildman–Crippen LogP) is 2.46. The SMILES string of the molecule is Brc1cnn(C2CCCC(N3CCOCC3)C2)c1. The van der Waals surface area contributed by atoms with Gasteiger partial charge in [-0.1, -0.05) is 0 Å². The minimum Gasteiger partial charge on any atom is -0.379 e. The van der Waals surface area contributed by atoms with E-state index in [9.17, 15) is 0 Å². The molecule has 1 aliphatic heterocycles. The summed E-state index contributed by atoms with van der Waals surface area (Å²) in [7, 11) is 0. The van der Waals surface area contributed by atoms with Crippen molar-refractivity contribution in [1.82, 2.24) is 14.7 Å². The molecule has 18 heavy (non-hydrogen) atoms. The van der Waals surface area contributed by atoms with Gasteiger partial charge in [-0.15, -0.1) is 0 Å². The van der Waals surface area contributed by atoms with Gasteiger partial charge in [0.2, 0.25) is 0 Å². The zero-order valence-electron chi connectivity index (χ0n) is 10.6. The number of hydrogen-bond donors (Lipinski definition) is 0. The van der Waals surface area contributed by atoms with Gasteiger partial charge in [0.1, 0.15) is 0 Å². The fraction of sp³-hybridized carbons (Fsp3) is 0.769. The second-order valence-corrected chi connectivity index (χ2v) is 6.18. The number of halogens is 1. The molecule has 4 nitrogen and oxygen atoms in total. The van der Waals surface area contributed by atoms with Crippen LogP contribution in [0.4, 0.5) is 0 Å². The molecule has 5 heteroatoms. The van der Waals surface area contributed by atoms with Crippen LogP contribution in [-0.2, 0) is 4.74 Å². The van der Waals surface area contributed by atoms with E-state index in [1.54, 1.807) is 0 Å². The highest BCUT2D eigenvalue weighted by atomic mass is 79.9. The topological polar surface area (TPSA) is 30.3 Å². The molecular weight excluding hydrogens is 294 g/mol. The van der Waals surface area contributed by atoms with Gasteiger partial charge in [-0.05, 0) is 41.6 Å². The Morgan fingerprint density at radius 1 is 1.22 bits per heavy atom. The van der Waals surface area contributed by atoms with Gasteiger partial charge in [-0.2, -0.15) is 5.10 Å². The van der Waals surface area contributed by atoms with Crippen molar-refractivity contribution in [3.63, 3.8) is 0 Å². The van der Waals surface area contributed by atoms with E-state index in [1.165, 1.54) is 25.7 Å². The van der Waals surface area contributed by atoms with Crippen molar-refractivity contribution in [1.29, 1.82) is 0 Å². The summed E-state index contributed by atoms with van der Waals surface area (Å²) >= 11 is 3.48. The molecule has 0 N–H and O–H groups in total. The summed E-state index contributed by atoms with van der Waals surface area (Å²) < 4.78 is 8.66. The standard InChI is InChI=1S/C13H20BrN3O/c14-11-9-15-17(10-11)13-3-1-2-12(8-13)16-4-6-18-7-5-16/h9-10,12-13H,1-8H2. The Kier molecular flexibility index (Phi) is 4.01. The van der Waals surface area contributed by atoms with E-state index in [2.05, 4.69) is 36.8 Å². The fourth-order valence-corrected chi connectivity index (χ4v) is 3.47. The second-order valence-electron chi connectivity index (χ2n) is 5.26. The van der Waals surface area contributed by atoms with Crippen molar-refractivity contribution in [3.05, 3.63) is 16.9 Å². The molecule has 0 aromatic carbocycles. The lowest BCUT2D eigenvalue weighted by Gasteiger charge is -2.39. The minimum atomic E-state index is 0.567. The van der Waals surface area contributed by atoms with Crippen LogP contribution >= 0.6 is 15.9 Å². The quantitative estimate of drug-likeness (QED) is 0.840. The van der Waals surface area contributed by atoms with Crippen molar-refractivity contribution >= 4 is 15.9 Å². The Labute approximate surface area is 116 Å². The van der Waals surface area contributed by atoms with Crippen molar-refractivity contribution in [2.75, 3.05) is 26.3 Å². The molecule has 1 saturated carbocycles. The number of morpholine rings is 1. The third kappa shape index (κ3) is 2.78. The first kappa shape index (κ1) is 12.6. The van der Waals surface area contributed by atoms with Gasteiger partial charge < -0.3 is 4.74 Å². The maximum absolute atomic E-state index is 5.44. The maximum atomic E-state index is 5.44. The average Bonchev–Trinajstić information content (AvgIpc) is 2.87. The highest BCUT2D eigenvalue weighted by Crippen LogP contribution is 2.31. The van der Waals surface area contributed by atoms with Crippen molar-refractivity contribution in [2.45, 2.75) is 37.8 Å². The molecule has 1 aliphatic carbocycles. The summed E-state index contributed by atoms with van der Waals surface area (Å²) in [6, 6.07) is 1.29. The molecule has 100 valence electrons. The number of rotatable bonds is 2. The summed E-state index contributed by atoms with van der Waals surface area (Å²) in [5.74, 6) is 0. The van der Waals surface area contributed by atoms with Gasteiger partial charge in [0.25, 0.3) is 0 Å². The van der Waals surface area contributed by atoms with Gasteiger partial charge in [0.05, 0.1) is 29.9 Å². The Morgan fingerprint density at radius 2 is 2.00 bits per heavy atom. The Morgan fingerprint density at radius 3 is 2.72 bits per heavy atom. The molecule has 3 rings (SSSR count). The van der Waals surface area contributed by atoms with Crippen molar-refractivity contribution < 1.29 is 4.74 Å². The van der Waals surface area contributed by atoms with Crippen LogP contribution in [0, 0.1) is 0 Å². The maximum Gasteiger partial charge on any atom is 0.0632 e. The molecule has 2 atom stereocenters. The summed E-state index contributed by atoms with van der Waals surface area (Å²) in [5, 5.41) is 4.45. The van der Waals surface area contributed by atoms with Crippen LogP contribution in [-0.4, -0.2) is 47.0 Å². The highest BCUT2D eigenvalue weighted by Gasteiger charge is 2.28. The number of nitrogens with zero attached hydrogens (tertiary/aromatic N) is 3. The normalized spacial score (nSPS) is 30.5. The molecule has 2 heterocycles.